The van der Waals surface area contributed by atoms with Crippen molar-refractivity contribution in [1.29, 1.82) is 0 Å². The molecule has 0 aromatic heterocycles. The van der Waals surface area contributed by atoms with Gasteiger partial charge in [0.1, 0.15) is 0 Å². The van der Waals surface area contributed by atoms with E-state index in [1.54, 1.807) is 7.11 Å². The Morgan fingerprint density at radius 3 is 2.71 bits per heavy atom. The van der Waals surface area contributed by atoms with Crippen molar-refractivity contribution in [2.75, 3.05) is 20.3 Å². The summed E-state index contributed by atoms with van der Waals surface area (Å²) in [6.07, 6.45) is 4.72. The van der Waals surface area contributed by atoms with Crippen LogP contribution in [0.1, 0.15) is 32.1 Å². The minimum absolute atomic E-state index is 0.0476. The Balaban J connectivity index is 2.19. The third-order valence-corrected chi connectivity index (χ3v) is 2.74. The molecule has 1 amide bonds. The van der Waals surface area contributed by atoms with Gasteiger partial charge in [0.2, 0.25) is 5.91 Å². The van der Waals surface area contributed by atoms with E-state index in [1.807, 2.05) is 0 Å². The summed E-state index contributed by atoms with van der Waals surface area (Å²) in [5.41, 5.74) is 5.83. The summed E-state index contributed by atoms with van der Waals surface area (Å²) >= 11 is 0. The highest BCUT2D eigenvalue weighted by atomic mass is 16.5. The summed E-state index contributed by atoms with van der Waals surface area (Å²) in [5, 5.41) is 2.79. The van der Waals surface area contributed by atoms with Gasteiger partial charge < -0.3 is 15.8 Å². The van der Waals surface area contributed by atoms with Gasteiger partial charge in [-0.15, -0.1) is 0 Å². The lowest BCUT2D eigenvalue weighted by molar-refractivity contribution is -0.122. The molecule has 1 fully saturated rings. The zero-order valence-corrected chi connectivity index (χ0v) is 8.84. The van der Waals surface area contributed by atoms with Gasteiger partial charge in [-0.3, -0.25) is 4.79 Å². The van der Waals surface area contributed by atoms with Gasteiger partial charge in [-0.05, 0) is 12.8 Å². The molecule has 0 aliphatic heterocycles. The van der Waals surface area contributed by atoms with Gasteiger partial charge in [0.15, 0.2) is 0 Å². The Kier molecular flexibility index (Phi) is 4.35. The molecule has 4 nitrogen and oxygen atoms in total. The monoisotopic (exact) mass is 200 g/mol. The number of carbonyl (C=O) groups is 1. The van der Waals surface area contributed by atoms with Gasteiger partial charge in [-0.1, -0.05) is 12.8 Å². The van der Waals surface area contributed by atoms with Crippen LogP contribution in [0, 0.1) is 0 Å². The van der Waals surface area contributed by atoms with Crippen LogP contribution in [0.15, 0.2) is 0 Å². The summed E-state index contributed by atoms with van der Waals surface area (Å²) in [6.45, 7) is 1.13. The third-order valence-electron chi connectivity index (χ3n) is 2.74. The number of hydrogen-bond acceptors (Lipinski definition) is 3. The number of hydrogen-bond donors (Lipinski definition) is 2. The number of ether oxygens (including phenoxy) is 1. The number of amides is 1. The number of carbonyl (C=O) groups excluding carboxylic acids is 1. The van der Waals surface area contributed by atoms with Crippen molar-refractivity contribution in [3.63, 3.8) is 0 Å². The highest BCUT2D eigenvalue weighted by Gasteiger charge is 2.31. The Hall–Kier alpha value is -0.610. The van der Waals surface area contributed by atoms with E-state index in [-0.39, 0.29) is 11.4 Å². The van der Waals surface area contributed by atoms with Crippen LogP contribution in [-0.4, -0.2) is 31.7 Å². The number of methoxy groups -OCH3 is 1. The molecule has 14 heavy (non-hydrogen) atoms. The first-order chi connectivity index (χ1) is 6.66. The SMILES string of the molecule is COCCNC(=O)CC1(N)CCCC1. The Bertz CT molecular complexity index is 189. The second kappa shape index (κ2) is 5.32. The normalized spacial score (nSPS) is 19.6. The smallest absolute Gasteiger partial charge is 0.221 e. The molecule has 0 saturated heterocycles. The minimum Gasteiger partial charge on any atom is -0.383 e. The van der Waals surface area contributed by atoms with E-state index < -0.39 is 0 Å². The number of nitrogens with two attached hydrogens (primary N) is 1. The molecule has 0 heterocycles. The molecule has 0 aromatic rings. The number of rotatable bonds is 5. The van der Waals surface area contributed by atoms with E-state index in [0.717, 1.165) is 25.7 Å². The van der Waals surface area contributed by atoms with E-state index in [9.17, 15) is 4.79 Å². The van der Waals surface area contributed by atoms with Gasteiger partial charge in [0.25, 0.3) is 0 Å². The zero-order chi connectivity index (χ0) is 10.4. The molecule has 0 spiro atoms. The molecular formula is C10H20N2O2. The molecule has 1 aliphatic rings. The second-order valence-corrected chi connectivity index (χ2v) is 4.09. The number of nitrogens with one attached hydrogen (secondary N) is 1. The maximum absolute atomic E-state index is 11.4. The van der Waals surface area contributed by atoms with E-state index >= 15 is 0 Å². The molecule has 3 N–H and O–H groups in total. The van der Waals surface area contributed by atoms with Crippen LogP contribution in [0.2, 0.25) is 0 Å². The standard InChI is InChI=1S/C10H20N2O2/c1-14-7-6-12-9(13)8-10(11)4-2-3-5-10/h2-8,11H2,1H3,(H,12,13). The van der Waals surface area contributed by atoms with Gasteiger partial charge in [0, 0.05) is 25.6 Å². The lowest BCUT2D eigenvalue weighted by Crippen LogP contribution is -2.42. The maximum atomic E-state index is 11.4. The van der Waals surface area contributed by atoms with E-state index in [1.165, 1.54) is 0 Å². The fourth-order valence-electron chi connectivity index (χ4n) is 1.93. The summed E-state index contributed by atoms with van der Waals surface area (Å²) in [5.74, 6) is 0.0476. The van der Waals surface area contributed by atoms with Gasteiger partial charge >= 0.3 is 0 Å². The summed E-state index contributed by atoms with van der Waals surface area (Å²) in [4.78, 5) is 11.4. The maximum Gasteiger partial charge on any atom is 0.221 e. The molecule has 1 rings (SSSR count). The van der Waals surface area contributed by atoms with Crippen LogP contribution in [0.5, 0.6) is 0 Å². The fourth-order valence-corrected chi connectivity index (χ4v) is 1.93. The highest BCUT2D eigenvalue weighted by molar-refractivity contribution is 5.77. The summed E-state index contributed by atoms with van der Waals surface area (Å²) in [7, 11) is 1.62. The molecular weight excluding hydrogens is 180 g/mol. The Morgan fingerprint density at radius 1 is 1.50 bits per heavy atom. The molecule has 1 saturated carbocycles. The van der Waals surface area contributed by atoms with Crippen LogP contribution in [0.25, 0.3) is 0 Å². The molecule has 0 radical (unpaired) electrons. The highest BCUT2D eigenvalue weighted by Crippen LogP contribution is 2.29. The lowest BCUT2D eigenvalue weighted by Gasteiger charge is -2.22. The summed E-state index contributed by atoms with van der Waals surface area (Å²) < 4.78 is 4.84. The van der Waals surface area contributed by atoms with Crippen molar-refractivity contribution < 1.29 is 9.53 Å². The van der Waals surface area contributed by atoms with Crippen LogP contribution >= 0.6 is 0 Å². The average molecular weight is 200 g/mol. The summed E-state index contributed by atoms with van der Waals surface area (Å²) in [6, 6.07) is 0. The van der Waals surface area contributed by atoms with Gasteiger partial charge in [-0.25, -0.2) is 0 Å². The van der Waals surface area contributed by atoms with Crippen molar-refractivity contribution in [2.45, 2.75) is 37.6 Å². The molecule has 0 atom stereocenters. The molecule has 0 unspecified atom stereocenters. The largest absolute Gasteiger partial charge is 0.383 e. The van der Waals surface area contributed by atoms with Crippen LogP contribution in [0.3, 0.4) is 0 Å². The van der Waals surface area contributed by atoms with E-state index in [0.29, 0.717) is 19.6 Å². The van der Waals surface area contributed by atoms with Crippen LogP contribution < -0.4 is 11.1 Å². The Labute approximate surface area is 85.2 Å². The molecule has 4 heteroatoms. The van der Waals surface area contributed by atoms with E-state index in [2.05, 4.69) is 5.32 Å². The predicted octanol–water partition coefficient (Wildman–Crippen LogP) is 0.411. The molecule has 0 bridgehead atoms. The third kappa shape index (κ3) is 3.64. The first-order valence-electron chi connectivity index (χ1n) is 5.21. The van der Waals surface area contributed by atoms with Crippen molar-refractivity contribution in [3.05, 3.63) is 0 Å². The molecule has 82 valence electrons. The van der Waals surface area contributed by atoms with E-state index in [4.69, 9.17) is 10.5 Å². The quantitative estimate of drug-likeness (QED) is 0.632. The van der Waals surface area contributed by atoms with Gasteiger partial charge in [0.05, 0.1) is 6.61 Å². The molecule has 0 aromatic carbocycles. The minimum atomic E-state index is -0.239. The molecule has 1 aliphatic carbocycles. The first-order valence-corrected chi connectivity index (χ1v) is 5.21. The van der Waals surface area contributed by atoms with Crippen LogP contribution in [0.4, 0.5) is 0 Å². The van der Waals surface area contributed by atoms with Crippen molar-refractivity contribution >= 4 is 5.91 Å². The van der Waals surface area contributed by atoms with Crippen molar-refractivity contribution in [1.82, 2.24) is 5.32 Å². The Morgan fingerprint density at radius 2 is 2.14 bits per heavy atom. The predicted molar refractivity (Wildman–Crippen MR) is 54.9 cm³/mol. The van der Waals surface area contributed by atoms with Gasteiger partial charge in [-0.2, -0.15) is 0 Å². The fraction of sp³-hybridized carbons (Fsp3) is 0.900. The topological polar surface area (TPSA) is 64.3 Å². The average Bonchev–Trinajstić information content (AvgIpc) is 2.52. The van der Waals surface area contributed by atoms with Crippen LogP contribution in [-0.2, 0) is 9.53 Å². The lowest BCUT2D eigenvalue weighted by atomic mass is 9.94. The zero-order valence-electron chi connectivity index (χ0n) is 8.84. The first kappa shape index (κ1) is 11.5. The second-order valence-electron chi connectivity index (χ2n) is 4.09. The van der Waals surface area contributed by atoms with Crippen molar-refractivity contribution in [3.8, 4) is 0 Å². The van der Waals surface area contributed by atoms with Crippen molar-refractivity contribution in [2.24, 2.45) is 5.73 Å².